The lowest BCUT2D eigenvalue weighted by Crippen LogP contribution is -2.42. The maximum absolute atomic E-state index is 15.8. The number of benzene rings is 4. The minimum absolute atomic E-state index is 0.0768. The molecular formula is C34H36FN. The highest BCUT2D eigenvalue weighted by molar-refractivity contribution is 5.80. The summed E-state index contributed by atoms with van der Waals surface area (Å²) < 4.78 is 15.8. The third-order valence-electron chi connectivity index (χ3n) is 9.32. The van der Waals surface area contributed by atoms with Crippen molar-refractivity contribution in [2.75, 3.05) is 4.90 Å². The van der Waals surface area contributed by atoms with Crippen LogP contribution in [-0.2, 0) is 10.8 Å². The summed E-state index contributed by atoms with van der Waals surface area (Å²) in [6, 6.07) is 31.3. The summed E-state index contributed by atoms with van der Waals surface area (Å²) in [6.45, 7) is 15.6. The molecule has 1 nitrogen and oxygen atoms in total. The Morgan fingerprint density at radius 3 is 1.69 bits per heavy atom. The molecule has 0 fully saturated rings. The van der Waals surface area contributed by atoms with Gasteiger partial charge >= 0.3 is 0 Å². The van der Waals surface area contributed by atoms with Crippen molar-refractivity contribution in [2.24, 2.45) is 5.41 Å². The highest BCUT2D eigenvalue weighted by Crippen LogP contribution is 2.62. The zero-order valence-electron chi connectivity index (χ0n) is 22.5. The Kier molecular flexibility index (Phi) is 5.63. The van der Waals surface area contributed by atoms with Crippen molar-refractivity contribution in [2.45, 2.75) is 59.3 Å². The molecule has 0 unspecified atom stereocenters. The SMILES string of the molecule is Cc1cc(N(c2ccccc2)c2ccccc2)ccc1-c1cc(F)c2c(c1)C(C)(C)C(C)(C)C2(C)C. The van der Waals surface area contributed by atoms with Gasteiger partial charge in [-0.1, -0.05) is 90.1 Å². The van der Waals surface area contributed by atoms with E-state index in [2.05, 4.69) is 126 Å². The molecule has 1 aliphatic carbocycles. The van der Waals surface area contributed by atoms with E-state index in [1.165, 1.54) is 0 Å². The Labute approximate surface area is 215 Å². The van der Waals surface area contributed by atoms with Gasteiger partial charge in [0, 0.05) is 17.1 Å². The molecule has 0 aromatic heterocycles. The highest BCUT2D eigenvalue weighted by Gasteiger charge is 2.58. The van der Waals surface area contributed by atoms with E-state index >= 15 is 4.39 Å². The van der Waals surface area contributed by atoms with Crippen LogP contribution in [0, 0.1) is 18.2 Å². The number of rotatable bonds is 4. The van der Waals surface area contributed by atoms with Gasteiger partial charge in [-0.25, -0.2) is 4.39 Å². The molecule has 2 heteroatoms. The topological polar surface area (TPSA) is 3.24 Å². The number of nitrogens with zero attached hydrogens (tertiary/aromatic N) is 1. The molecule has 0 spiro atoms. The lowest BCUT2D eigenvalue weighted by Gasteiger charge is -2.44. The molecule has 0 N–H and O–H groups in total. The zero-order valence-corrected chi connectivity index (χ0v) is 22.5. The van der Waals surface area contributed by atoms with Crippen molar-refractivity contribution < 1.29 is 4.39 Å². The van der Waals surface area contributed by atoms with Crippen LogP contribution >= 0.6 is 0 Å². The number of anilines is 3. The van der Waals surface area contributed by atoms with E-state index < -0.39 is 0 Å². The van der Waals surface area contributed by atoms with Gasteiger partial charge in [-0.05, 0) is 93.5 Å². The minimum Gasteiger partial charge on any atom is -0.310 e. The molecule has 4 aromatic rings. The normalized spacial score (nSPS) is 17.0. The lowest BCUT2D eigenvalue weighted by molar-refractivity contribution is 0.123. The highest BCUT2D eigenvalue weighted by atomic mass is 19.1. The van der Waals surface area contributed by atoms with E-state index in [1.54, 1.807) is 6.07 Å². The average Bonchev–Trinajstić information content (AvgIpc) is 2.95. The van der Waals surface area contributed by atoms with Crippen molar-refractivity contribution in [3.05, 3.63) is 114 Å². The zero-order chi connectivity index (χ0) is 25.9. The molecule has 0 aliphatic heterocycles. The molecule has 5 rings (SSSR count). The Morgan fingerprint density at radius 1 is 0.611 bits per heavy atom. The second-order valence-electron chi connectivity index (χ2n) is 11.8. The quantitative estimate of drug-likeness (QED) is 0.283. The van der Waals surface area contributed by atoms with Gasteiger partial charge < -0.3 is 4.90 Å². The van der Waals surface area contributed by atoms with E-state index in [1.807, 2.05) is 12.1 Å². The third-order valence-corrected chi connectivity index (χ3v) is 9.32. The van der Waals surface area contributed by atoms with Crippen LogP contribution in [0.25, 0.3) is 11.1 Å². The van der Waals surface area contributed by atoms with E-state index in [4.69, 9.17) is 0 Å². The molecule has 0 saturated heterocycles. The van der Waals surface area contributed by atoms with Gasteiger partial charge in [0.15, 0.2) is 0 Å². The first-order chi connectivity index (χ1) is 17.0. The van der Waals surface area contributed by atoms with Gasteiger partial charge in [-0.3, -0.25) is 0 Å². The lowest BCUT2D eigenvalue weighted by atomic mass is 9.59. The van der Waals surface area contributed by atoms with Crippen LogP contribution in [-0.4, -0.2) is 0 Å². The second kappa shape index (κ2) is 8.34. The summed E-state index contributed by atoms with van der Waals surface area (Å²) in [4.78, 5) is 2.26. The fourth-order valence-corrected chi connectivity index (χ4v) is 6.03. The fraction of sp³-hybridized carbons (Fsp3) is 0.294. The first-order valence-electron chi connectivity index (χ1n) is 12.8. The summed E-state index contributed by atoms with van der Waals surface area (Å²) in [5, 5.41) is 0. The van der Waals surface area contributed by atoms with Gasteiger partial charge in [0.1, 0.15) is 5.82 Å². The molecule has 0 bridgehead atoms. The van der Waals surface area contributed by atoms with E-state index in [9.17, 15) is 0 Å². The predicted molar refractivity (Wildman–Crippen MR) is 151 cm³/mol. The smallest absolute Gasteiger partial charge is 0.127 e. The second-order valence-corrected chi connectivity index (χ2v) is 11.8. The molecule has 184 valence electrons. The standard InChI is InChI=1S/C34H36FN/c1-23-20-27(36(25-14-10-8-11-15-25)26-16-12-9-13-17-26)18-19-28(23)24-21-29-31(30(35)22-24)33(4,5)34(6,7)32(29,2)3/h8-22H,1-7H3. The summed E-state index contributed by atoms with van der Waals surface area (Å²) in [6.07, 6.45) is 0. The van der Waals surface area contributed by atoms with Crippen LogP contribution in [0.15, 0.2) is 91.0 Å². The van der Waals surface area contributed by atoms with Crippen LogP contribution in [0.4, 0.5) is 21.5 Å². The minimum atomic E-state index is -0.251. The van der Waals surface area contributed by atoms with Crippen molar-refractivity contribution in [1.29, 1.82) is 0 Å². The molecule has 1 aliphatic rings. The van der Waals surface area contributed by atoms with Crippen molar-refractivity contribution in [3.8, 4) is 11.1 Å². The third kappa shape index (κ3) is 3.50. The number of hydrogen-bond acceptors (Lipinski definition) is 1. The number of aryl methyl sites for hydroxylation is 1. The Bertz CT molecular complexity index is 1380. The van der Waals surface area contributed by atoms with Crippen LogP contribution in [0.5, 0.6) is 0 Å². The maximum atomic E-state index is 15.8. The number of para-hydroxylation sites is 2. The van der Waals surface area contributed by atoms with Crippen LogP contribution in [0.3, 0.4) is 0 Å². The molecule has 0 amide bonds. The average molecular weight is 478 g/mol. The summed E-state index contributed by atoms with van der Waals surface area (Å²) in [5.41, 5.74) is 7.95. The van der Waals surface area contributed by atoms with E-state index in [-0.39, 0.29) is 22.1 Å². The molecule has 0 saturated carbocycles. The van der Waals surface area contributed by atoms with Crippen LogP contribution < -0.4 is 4.90 Å². The monoisotopic (exact) mass is 477 g/mol. The molecule has 4 aromatic carbocycles. The molecule has 0 radical (unpaired) electrons. The molecule has 0 heterocycles. The van der Waals surface area contributed by atoms with Crippen LogP contribution in [0.1, 0.15) is 58.2 Å². The predicted octanol–water partition coefficient (Wildman–Crippen LogP) is 9.87. The van der Waals surface area contributed by atoms with Crippen molar-refractivity contribution >= 4 is 17.1 Å². The van der Waals surface area contributed by atoms with Crippen molar-refractivity contribution in [3.63, 3.8) is 0 Å². The van der Waals surface area contributed by atoms with Crippen LogP contribution in [0.2, 0.25) is 0 Å². The molecular weight excluding hydrogens is 441 g/mol. The number of hydrogen-bond donors (Lipinski definition) is 0. The largest absolute Gasteiger partial charge is 0.310 e. The maximum Gasteiger partial charge on any atom is 0.127 e. The fourth-order valence-electron chi connectivity index (χ4n) is 6.03. The van der Waals surface area contributed by atoms with Gasteiger partial charge in [0.05, 0.1) is 0 Å². The number of halogens is 1. The molecule has 36 heavy (non-hydrogen) atoms. The van der Waals surface area contributed by atoms with Gasteiger partial charge in [-0.15, -0.1) is 0 Å². The van der Waals surface area contributed by atoms with E-state index in [0.717, 1.165) is 44.9 Å². The van der Waals surface area contributed by atoms with Gasteiger partial charge in [-0.2, -0.15) is 0 Å². The first-order valence-corrected chi connectivity index (χ1v) is 12.8. The Morgan fingerprint density at radius 2 is 1.17 bits per heavy atom. The Hall–Kier alpha value is -3.39. The van der Waals surface area contributed by atoms with E-state index in [0.29, 0.717) is 0 Å². The van der Waals surface area contributed by atoms with Gasteiger partial charge in [0.25, 0.3) is 0 Å². The Balaban J connectivity index is 1.63. The summed E-state index contributed by atoms with van der Waals surface area (Å²) >= 11 is 0. The molecule has 0 atom stereocenters. The summed E-state index contributed by atoms with van der Waals surface area (Å²) in [5.74, 6) is -0.0928. The number of fused-ring (bicyclic) bond motifs is 1. The first kappa shape index (κ1) is 24.3. The van der Waals surface area contributed by atoms with Crippen molar-refractivity contribution in [1.82, 2.24) is 0 Å². The van der Waals surface area contributed by atoms with Gasteiger partial charge in [0.2, 0.25) is 0 Å². The summed E-state index contributed by atoms with van der Waals surface area (Å²) in [7, 11) is 0.